The summed E-state index contributed by atoms with van der Waals surface area (Å²) in [5.74, 6) is 3.18. The van der Waals surface area contributed by atoms with Crippen LogP contribution in [0.3, 0.4) is 0 Å². The molecule has 1 N–H and O–H groups in total. The van der Waals surface area contributed by atoms with Gasteiger partial charge in [0.1, 0.15) is 11.5 Å². The number of amides is 1. The van der Waals surface area contributed by atoms with E-state index in [1.165, 1.54) is 0 Å². The predicted molar refractivity (Wildman–Crippen MR) is 102 cm³/mol. The number of nitrogens with one attached hydrogen (secondary N) is 1. The first-order valence-corrected chi connectivity index (χ1v) is 9.86. The number of hydrogen-bond acceptors (Lipinski definition) is 6. The van der Waals surface area contributed by atoms with Crippen LogP contribution in [0, 0.1) is 13.8 Å². The van der Waals surface area contributed by atoms with E-state index in [2.05, 4.69) is 10.5 Å². The second-order valence-corrected chi connectivity index (χ2v) is 7.48. The number of hydrogen-bond donors (Lipinski definition) is 1. The van der Waals surface area contributed by atoms with Crippen LogP contribution in [0.5, 0.6) is 17.2 Å². The lowest BCUT2D eigenvalue weighted by Gasteiger charge is -2.29. The smallest absolute Gasteiger partial charge is 0.231 e. The summed E-state index contributed by atoms with van der Waals surface area (Å²) in [6.45, 7) is 4.06. The molecule has 0 unspecified atom stereocenters. The third-order valence-corrected chi connectivity index (χ3v) is 5.47. The summed E-state index contributed by atoms with van der Waals surface area (Å²) >= 11 is 0. The van der Waals surface area contributed by atoms with Crippen molar-refractivity contribution in [2.75, 3.05) is 6.79 Å². The fourth-order valence-corrected chi connectivity index (χ4v) is 3.86. The van der Waals surface area contributed by atoms with Crippen LogP contribution in [0.2, 0.25) is 0 Å². The first-order chi connectivity index (χ1) is 13.6. The highest BCUT2D eigenvalue weighted by molar-refractivity contribution is 5.76. The Bertz CT molecular complexity index is 820. The summed E-state index contributed by atoms with van der Waals surface area (Å²) in [5, 5.41) is 7.09. The van der Waals surface area contributed by atoms with Gasteiger partial charge in [-0.3, -0.25) is 4.79 Å². The summed E-state index contributed by atoms with van der Waals surface area (Å²) in [5.41, 5.74) is 1.91. The van der Waals surface area contributed by atoms with Crippen molar-refractivity contribution in [2.45, 2.75) is 64.5 Å². The van der Waals surface area contributed by atoms with Gasteiger partial charge in [-0.05, 0) is 58.1 Å². The molecule has 4 rings (SSSR count). The SMILES string of the molecule is Cc1noc(C)c1CCC(=O)NC1CCC(Oc2ccc3c(c2)OCO3)CC1. The lowest BCUT2D eigenvalue weighted by atomic mass is 9.92. The Morgan fingerprint density at radius 2 is 1.96 bits per heavy atom. The minimum atomic E-state index is 0.0835. The van der Waals surface area contributed by atoms with Gasteiger partial charge in [-0.2, -0.15) is 0 Å². The largest absolute Gasteiger partial charge is 0.490 e. The monoisotopic (exact) mass is 386 g/mol. The fourth-order valence-electron chi connectivity index (χ4n) is 3.86. The van der Waals surface area contributed by atoms with E-state index in [-0.39, 0.29) is 24.8 Å². The third kappa shape index (κ3) is 4.24. The summed E-state index contributed by atoms with van der Waals surface area (Å²) in [6.07, 6.45) is 4.97. The molecule has 2 aliphatic rings. The maximum Gasteiger partial charge on any atom is 0.231 e. The number of aryl methyl sites for hydroxylation is 2. The summed E-state index contributed by atoms with van der Waals surface area (Å²) in [6, 6.07) is 5.89. The van der Waals surface area contributed by atoms with Gasteiger partial charge in [-0.1, -0.05) is 5.16 Å². The van der Waals surface area contributed by atoms with Crippen molar-refractivity contribution in [1.29, 1.82) is 0 Å². The van der Waals surface area contributed by atoms with Gasteiger partial charge in [0.2, 0.25) is 12.7 Å². The highest BCUT2D eigenvalue weighted by Gasteiger charge is 2.24. The van der Waals surface area contributed by atoms with Crippen LogP contribution in [-0.2, 0) is 11.2 Å². The summed E-state index contributed by atoms with van der Waals surface area (Å²) < 4.78 is 22.0. The highest BCUT2D eigenvalue weighted by Crippen LogP contribution is 2.36. The van der Waals surface area contributed by atoms with Crippen molar-refractivity contribution >= 4 is 5.91 Å². The lowest BCUT2D eigenvalue weighted by molar-refractivity contribution is -0.122. The molecular weight excluding hydrogens is 360 g/mol. The van der Waals surface area contributed by atoms with E-state index in [9.17, 15) is 4.79 Å². The van der Waals surface area contributed by atoms with Gasteiger partial charge in [0.25, 0.3) is 0 Å². The maximum absolute atomic E-state index is 12.3. The van der Waals surface area contributed by atoms with Crippen molar-refractivity contribution in [1.82, 2.24) is 10.5 Å². The Labute approximate surface area is 164 Å². The Morgan fingerprint density at radius 1 is 1.18 bits per heavy atom. The quantitative estimate of drug-likeness (QED) is 0.819. The molecule has 2 heterocycles. The topological polar surface area (TPSA) is 82.8 Å². The predicted octanol–water partition coefficient (Wildman–Crippen LogP) is 3.46. The van der Waals surface area contributed by atoms with E-state index in [0.29, 0.717) is 12.8 Å². The molecule has 0 bridgehead atoms. The number of fused-ring (bicyclic) bond motifs is 1. The van der Waals surface area contributed by atoms with Crippen LogP contribution in [-0.4, -0.2) is 30.0 Å². The number of aromatic nitrogens is 1. The third-order valence-electron chi connectivity index (χ3n) is 5.47. The number of benzene rings is 1. The minimum Gasteiger partial charge on any atom is -0.490 e. The van der Waals surface area contributed by atoms with E-state index in [4.69, 9.17) is 18.7 Å². The molecule has 150 valence electrons. The zero-order chi connectivity index (χ0) is 19.5. The second-order valence-electron chi connectivity index (χ2n) is 7.48. The Kier molecular flexibility index (Phi) is 5.41. The van der Waals surface area contributed by atoms with Gasteiger partial charge < -0.3 is 24.1 Å². The molecule has 7 heteroatoms. The molecular formula is C21H26N2O5. The Morgan fingerprint density at radius 3 is 2.71 bits per heavy atom. The van der Waals surface area contributed by atoms with Gasteiger partial charge in [-0.15, -0.1) is 0 Å². The Balaban J connectivity index is 1.20. The first kappa shape index (κ1) is 18.7. The standard InChI is InChI=1S/C21H26N2O5/c1-13-18(14(2)28-23-13)8-10-21(24)22-15-3-5-16(6-4-15)27-17-7-9-19-20(11-17)26-12-25-19/h7,9,11,15-16H,3-6,8,10,12H2,1-2H3,(H,22,24). The van der Waals surface area contributed by atoms with E-state index >= 15 is 0 Å². The highest BCUT2D eigenvalue weighted by atomic mass is 16.7. The molecule has 7 nitrogen and oxygen atoms in total. The normalized spacial score (nSPS) is 20.8. The average Bonchev–Trinajstić information content (AvgIpc) is 3.28. The fraction of sp³-hybridized carbons (Fsp3) is 0.524. The van der Waals surface area contributed by atoms with Gasteiger partial charge in [0, 0.05) is 24.1 Å². The Hall–Kier alpha value is -2.70. The number of ether oxygens (including phenoxy) is 3. The van der Waals surface area contributed by atoms with Gasteiger partial charge in [-0.25, -0.2) is 0 Å². The van der Waals surface area contributed by atoms with Gasteiger partial charge in [0.15, 0.2) is 11.5 Å². The molecule has 1 aliphatic heterocycles. The van der Waals surface area contributed by atoms with E-state index in [1.54, 1.807) is 0 Å². The molecule has 1 amide bonds. The molecule has 0 radical (unpaired) electrons. The zero-order valence-corrected chi connectivity index (χ0v) is 16.3. The molecule has 1 aliphatic carbocycles. The number of nitrogens with zero attached hydrogens (tertiary/aromatic N) is 1. The average molecular weight is 386 g/mol. The van der Waals surface area contributed by atoms with Crippen LogP contribution in [0.1, 0.15) is 49.1 Å². The maximum atomic E-state index is 12.3. The van der Waals surface area contributed by atoms with Crippen LogP contribution in [0.25, 0.3) is 0 Å². The molecule has 1 aromatic heterocycles. The van der Waals surface area contributed by atoms with Crippen LogP contribution >= 0.6 is 0 Å². The van der Waals surface area contributed by atoms with Gasteiger partial charge in [0.05, 0.1) is 11.8 Å². The van der Waals surface area contributed by atoms with Crippen LogP contribution in [0.4, 0.5) is 0 Å². The van der Waals surface area contributed by atoms with Crippen molar-refractivity contribution in [3.05, 3.63) is 35.2 Å². The molecule has 0 atom stereocenters. The number of rotatable bonds is 6. The molecule has 1 fully saturated rings. The van der Waals surface area contributed by atoms with Crippen molar-refractivity contribution in [3.63, 3.8) is 0 Å². The first-order valence-electron chi connectivity index (χ1n) is 9.86. The number of carbonyl (C=O) groups excluding carboxylic acids is 1. The van der Waals surface area contributed by atoms with Crippen molar-refractivity contribution in [3.8, 4) is 17.2 Å². The van der Waals surface area contributed by atoms with E-state index in [0.717, 1.165) is 59.9 Å². The van der Waals surface area contributed by atoms with E-state index < -0.39 is 0 Å². The molecule has 28 heavy (non-hydrogen) atoms. The molecule has 1 saturated carbocycles. The lowest BCUT2D eigenvalue weighted by Crippen LogP contribution is -2.39. The second kappa shape index (κ2) is 8.12. The summed E-state index contributed by atoms with van der Waals surface area (Å²) in [4.78, 5) is 12.3. The number of carbonyl (C=O) groups is 1. The van der Waals surface area contributed by atoms with Crippen molar-refractivity contribution in [2.24, 2.45) is 0 Å². The minimum absolute atomic E-state index is 0.0835. The van der Waals surface area contributed by atoms with Crippen LogP contribution < -0.4 is 19.5 Å². The molecule has 0 spiro atoms. The molecule has 2 aromatic rings. The van der Waals surface area contributed by atoms with Crippen LogP contribution in [0.15, 0.2) is 22.7 Å². The van der Waals surface area contributed by atoms with E-state index in [1.807, 2.05) is 32.0 Å². The molecule has 0 saturated heterocycles. The summed E-state index contributed by atoms with van der Waals surface area (Å²) in [7, 11) is 0. The zero-order valence-electron chi connectivity index (χ0n) is 16.3. The van der Waals surface area contributed by atoms with Crippen molar-refractivity contribution < 1.29 is 23.5 Å². The molecule has 1 aromatic carbocycles. The van der Waals surface area contributed by atoms with Gasteiger partial charge >= 0.3 is 0 Å².